The first-order valence-electron chi connectivity index (χ1n) is 11.0. The lowest BCUT2D eigenvalue weighted by Gasteiger charge is -2.13. The van der Waals surface area contributed by atoms with Crippen molar-refractivity contribution in [3.63, 3.8) is 0 Å². The number of para-hydroxylation sites is 1. The van der Waals surface area contributed by atoms with Crippen LogP contribution >= 0.6 is 50.9 Å². The molecule has 9 heteroatoms. The van der Waals surface area contributed by atoms with E-state index in [4.69, 9.17) is 27.9 Å². The van der Waals surface area contributed by atoms with Gasteiger partial charge in [0, 0.05) is 43.7 Å². The molecule has 36 heavy (non-hydrogen) atoms. The number of imide groups is 1. The minimum absolute atomic E-state index is 0.180. The zero-order valence-electron chi connectivity index (χ0n) is 18.8. The predicted molar refractivity (Wildman–Crippen MR) is 150 cm³/mol. The Morgan fingerprint density at radius 2 is 1.81 bits per heavy atom. The van der Waals surface area contributed by atoms with Crippen LogP contribution in [0.2, 0.25) is 10.0 Å². The van der Waals surface area contributed by atoms with E-state index in [1.165, 1.54) is 4.90 Å². The molecule has 182 valence electrons. The van der Waals surface area contributed by atoms with Crippen LogP contribution in [0.25, 0.3) is 17.0 Å². The van der Waals surface area contributed by atoms with Crippen LogP contribution in [0.1, 0.15) is 11.1 Å². The molecule has 0 atom stereocenters. The van der Waals surface area contributed by atoms with Gasteiger partial charge in [0.1, 0.15) is 12.4 Å². The molecule has 5 rings (SSSR count). The van der Waals surface area contributed by atoms with Gasteiger partial charge < -0.3 is 9.30 Å². The van der Waals surface area contributed by atoms with Crippen molar-refractivity contribution in [2.24, 2.45) is 0 Å². The fourth-order valence-electron chi connectivity index (χ4n) is 3.98. The van der Waals surface area contributed by atoms with Crippen molar-refractivity contribution in [2.75, 3.05) is 13.2 Å². The van der Waals surface area contributed by atoms with Crippen molar-refractivity contribution in [1.82, 2.24) is 9.47 Å². The van der Waals surface area contributed by atoms with Crippen LogP contribution in [0.5, 0.6) is 5.75 Å². The molecule has 5 nitrogen and oxygen atoms in total. The minimum Gasteiger partial charge on any atom is -0.492 e. The van der Waals surface area contributed by atoms with Crippen molar-refractivity contribution >= 4 is 79.0 Å². The molecule has 1 aliphatic heterocycles. The Morgan fingerprint density at radius 1 is 1.00 bits per heavy atom. The van der Waals surface area contributed by atoms with Crippen LogP contribution < -0.4 is 4.74 Å². The third kappa shape index (κ3) is 5.34. The van der Waals surface area contributed by atoms with E-state index in [1.807, 2.05) is 66.9 Å². The average Bonchev–Trinajstić information content (AvgIpc) is 3.32. The smallest absolute Gasteiger partial charge is 0.293 e. The first-order chi connectivity index (χ1) is 17.4. The highest BCUT2D eigenvalue weighted by Gasteiger charge is 2.35. The second-order valence-electron chi connectivity index (χ2n) is 8.10. The monoisotopic (exact) mass is 600 g/mol. The number of halogens is 3. The van der Waals surface area contributed by atoms with Crippen molar-refractivity contribution < 1.29 is 14.3 Å². The summed E-state index contributed by atoms with van der Waals surface area (Å²) in [6.07, 6.45) is 3.74. The molecule has 0 bridgehead atoms. The lowest BCUT2D eigenvalue weighted by atomic mass is 10.1. The number of hydrogen-bond acceptors (Lipinski definition) is 4. The lowest BCUT2D eigenvalue weighted by molar-refractivity contribution is -0.123. The summed E-state index contributed by atoms with van der Waals surface area (Å²) >= 11 is 16.9. The fourth-order valence-corrected chi connectivity index (χ4v) is 5.67. The summed E-state index contributed by atoms with van der Waals surface area (Å²) in [7, 11) is 0. The van der Waals surface area contributed by atoms with Crippen LogP contribution in [0, 0.1) is 0 Å². The number of benzene rings is 3. The van der Waals surface area contributed by atoms with E-state index in [-0.39, 0.29) is 24.3 Å². The van der Waals surface area contributed by atoms with E-state index in [9.17, 15) is 9.59 Å². The van der Waals surface area contributed by atoms with Gasteiger partial charge in [0.15, 0.2) is 0 Å². The number of carbonyl (C=O) groups excluding carboxylic acids is 2. The van der Waals surface area contributed by atoms with Crippen LogP contribution in [0.15, 0.2) is 82.3 Å². The number of rotatable bonds is 7. The maximum absolute atomic E-state index is 13.1. The second-order valence-corrected chi connectivity index (χ2v) is 10.9. The van der Waals surface area contributed by atoms with Crippen LogP contribution in [0.3, 0.4) is 0 Å². The largest absolute Gasteiger partial charge is 0.492 e. The van der Waals surface area contributed by atoms with Gasteiger partial charge in [-0.25, -0.2) is 0 Å². The number of fused-ring (bicyclic) bond motifs is 1. The Bertz CT molecular complexity index is 1500. The van der Waals surface area contributed by atoms with Crippen molar-refractivity contribution in [3.05, 3.63) is 103 Å². The standard InChI is InChI=1S/C27H19BrCl2N2O3S/c28-19-7-9-24-22(13-19)18(16-31(24)15-17-6-8-20(29)14-23(17)30)12-25-26(33)32(27(34)36-25)10-11-35-21-4-2-1-3-5-21/h1-9,12-14,16H,10-11,15H2/b25-12-. The average molecular weight is 602 g/mol. The van der Waals surface area contributed by atoms with E-state index < -0.39 is 0 Å². The second kappa shape index (κ2) is 10.7. The molecule has 1 aromatic heterocycles. The molecule has 4 aromatic rings. The molecule has 1 aliphatic rings. The van der Waals surface area contributed by atoms with Crippen molar-refractivity contribution in [1.29, 1.82) is 0 Å². The third-order valence-electron chi connectivity index (χ3n) is 5.72. The van der Waals surface area contributed by atoms with Gasteiger partial charge in [-0.3, -0.25) is 14.5 Å². The maximum Gasteiger partial charge on any atom is 0.293 e. The number of carbonyl (C=O) groups is 2. The molecule has 0 radical (unpaired) electrons. The number of amides is 2. The molecule has 2 heterocycles. The molecular weight excluding hydrogens is 583 g/mol. The van der Waals surface area contributed by atoms with Gasteiger partial charge in [-0.2, -0.15) is 0 Å². The van der Waals surface area contributed by atoms with E-state index in [0.717, 1.165) is 38.3 Å². The number of ether oxygens (including phenoxy) is 1. The van der Waals surface area contributed by atoms with E-state index in [1.54, 1.807) is 12.1 Å². The molecule has 0 N–H and O–H groups in total. The molecule has 1 saturated heterocycles. The SMILES string of the molecule is O=C1S/C(=C\c2cn(Cc3ccc(Cl)cc3Cl)c3ccc(Br)cc23)C(=O)N1CCOc1ccccc1. The molecule has 0 saturated carbocycles. The number of thioether (sulfide) groups is 1. The summed E-state index contributed by atoms with van der Waals surface area (Å²) in [5, 5.41) is 1.81. The van der Waals surface area contributed by atoms with Gasteiger partial charge in [-0.15, -0.1) is 0 Å². The van der Waals surface area contributed by atoms with Crippen LogP contribution in [0.4, 0.5) is 4.79 Å². The highest BCUT2D eigenvalue weighted by molar-refractivity contribution is 9.10. The van der Waals surface area contributed by atoms with Gasteiger partial charge >= 0.3 is 0 Å². The first kappa shape index (κ1) is 25.0. The third-order valence-corrected chi connectivity index (χ3v) is 7.70. The Kier molecular flexibility index (Phi) is 7.44. The molecule has 1 fully saturated rings. The summed E-state index contributed by atoms with van der Waals surface area (Å²) in [6, 6.07) is 20.7. The normalized spacial score (nSPS) is 14.9. The van der Waals surface area contributed by atoms with Gasteiger partial charge in [0.2, 0.25) is 0 Å². The van der Waals surface area contributed by atoms with Gasteiger partial charge in [-0.1, -0.05) is 63.4 Å². The molecule has 3 aromatic carbocycles. The van der Waals surface area contributed by atoms with Crippen LogP contribution in [-0.4, -0.2) is 33.8 Å². The Balaban J connectivity index is 1.40. The van der Waals surface area contributed by atoms with Crippen molar-refractivity contribution in [2.45, 2.75) is 6.54 Å². The Hall–Kier alpha value is -2.71. The summed E-state index contributed by atoms with van der Waals surface area (Å²) < 4.78 is 8.65. The highest BCUT2D eigenvalue weighted by atomic mass is 79.9. The van der Waals surface area contributed by atoms with Gasteiger partial charge in [-0.05, 0) is 65.9 Å². The Morgan fingerprint density at radius 3 is 2.58 bits per heavy atom. The summed E-state index contributed by atoms with van der Waals surface area (Å²) in [5.41, 5.74) is 2.74. The van der Waals surface area contributed by atoms with Crippen molar-refractivity contribution in [3.8, 4) is 5.75 Å². The highest BCUT2D eigenvalue weighted by Crippen LogP contribution is 2.35. The topological polar surface area (TPSA) is 51.5 Å². The molecular formula is C27H19BrCl2N2O3S. The molecule has 2 amide bonds. The molecule has 0 spiro atoms. The van der Waals surface area contributed by atoms with E-state index in [0.29, 0.717) is 27.2 Å². The van der Waals surface area contributed by atoms with E-state index in [2.05, 4.69) is 20.5 Å². The summed E-state index contributed by atoms with van der Waals surface area (Å²) in [6.45, 7) is 0.934. The number of nitrogens with zero attached hydrogens (tertiary/aromatic N) is 2. The minimum atomic E-state index is -0.321. The van der Waals surface area contributed by atoms with Gasteiger partial charge in [0.25, 0.3) is 11.1 Å². The zero-order valence-corrected chi connectivity index (χ0v) is 22.7. The Labute approximate surface area is 230 Å². The first-order valence-corrected chi connectivity index (χ1v) is 13.4. The molecule has 0 aliphatic carbocycles. The summed E-state index contributed by atoms with van der Waals surface area (Å²) in [5.74, 6) is 0.373. The van der Waals surface area contributed by atoms with E-state index >= 15 is 0 Å². The number of aromatic nitrogens is 1. The number of hydrogen-bond donors (Lipinski definition) is 0. The lowest BCUT2D eigenvalue weighted by Crippen LogP contribution is -2.32. The zero-order chi connectivity index (χ0) is 25.2. The molecule has 0 unspecified atom stereocenters. The quantitative estimate of drug-likeness (QED) is 0.202. The maximum atomic E-state index is 13.1. The van der Waals surface area contributed by atoms with Crippen LogP contribution in [-0.2, 0) is 11.3 Å². The fraction of sp³-hybridized carbons (Fsp3) is 0.111. The summed E-state index contributed by atoms with van der Waals surface area (Å²) in [4.78, 5) is 27.2. The van der Waals surface area contributed by atoms with Gasteiger partial charge in [0.05, 0.1) is 11.4 Å². The predicted octanol–water partition coefficient (Wildman–Crippen LogP) is 7.87.